The van der Waals surface area contributed by atoms with E-state index in [0.717, 1.165) is 62.2 Å². The van der Waals surface area contributed by atoms with Crippen LogP contribution in [0.2, 0.25) is 0 Å². The van der Waals surface area contributed by atoms with Crippen molar-refractivity contribution in [3.8, 4) is 22.8 Å². The molecule has 0 saturated carbocycles. The second-order valence-electron chi connectivity index (χ2n) is 11.6. The average Bonchev–Trinajstić information content (AvgIpc) is 3.76. The molecule has 0 aliphatic carbocycles. The first kappa shape index (κ1) is 25.6. The molecule has 0 fully saturated rings. The van der Waals surface area contributed by atoms with Gasteiger partial charge in [0.1, 0.15) is 22.7 Å². The Bertz CT molecular complexity index is 1910. The zero-order chi connectivity index (χ0) is 27.2. The maximum Gasteiger partial charge on any atom is 2.00 e. The van der Waals surface area contributed by atoms with Gasteiger partial charge in [0.15, 0.2) is 0 Å². The molecule has 0 saturated heterocycles. The van der Waals surface area contributed by atoms with Crippen LogP contribution < -0.4 is 9.97 Å². The zero-order valence-electron chi connectivity index (χ0n) is 23.1. The molecular formula is C33H27CuN7. The van der Waals surface area contributed by atoms with Crippen LogP contribution in [0.25, 0.3) is 44.8 Å². The van der Waals surface area contributed by atoms with Crippen LogP contribution in [-0.4, -0.2) is 24.1 Å². The van der Waals surface area contributed by atoms with Crippen molar-refractivity contribution in [1.82, 2.24) is 34.1 Å². The number of hydrogen-bond acceptors (Lipinski definition) is 3. The quantitative estimate of drug-likeness (QED) is 0.223. The summed E-state index contributed by atoms with van der Waals surface area (Å²) in [7, 11) is 0. The van der Waals surface area contributed by atoms with E-state index in [0.29, 0.717) is 5.82 Å². The van der Waals surface area contributed by atoms with E-state index in [-0.39, 0.29) is 17.1 Å². The maximum atomic E-state index is 5.38. The van der Waals surface area contributed by atoms with Crippen LogP contribution >= 0.6 is 0 Å². The number of para-hydroxylation sites is 2. The van der Waals surface area contributed by atoms with Crippen molar-refractivity contribution in [3.05, 3.63) is 114 Å². The smallest absolute Gasteiger partial charge is 0.660 e. The summed E-state index contributed by atoms with van der Waals surface area (Å²) in [6.07, 6.45) is 1.83. The number of imidazole rings is 3. The number of fused-ring (bicyclic) bond motifs is 7. The van der Waals surface area contributed by atoms with Crippen LogP contribution in [0.15, 0.2) is 91.1 Å². The molecule has 41 heavy (non-hydrogen) atoms. The van der Waals surface area contributed by atoms with Crippen LogP contribution in [0, 0.1) is 0 Å². The Morgan fingerprint density at radius 2 is 1.12 bits per heavy atom. The summed E-state index contributed by atoms with van der Waals surface area (Å²) in [4.78, 5) is 25.6. The van der Waals surface area contributed by atoms with Gasteiger partial charge >= 0.3 is 17.1 Å². The Morgan fingerprint density at radius 1 is 0.585 bits per heavy atom. The molecule has 8 heteroatoms. The van der Waals surface area contributed by atoms with Gasteiger partial charge in [0.05, 0.1) is 11.0 Å². The monoisotopic (exact) mass is 584 g/mol. The van der Waals surface area contributed by atoms with E-state index in [1.165, 1.54) is 0 Å². The molecular weight excluding hydrogens is 558 g/mol. The molecule has 8 bridgehead atoms. The van der Waals surface area contributed by atoms with E-state index < -0.39 is 10.8 Å². The Hall–Kier alpha value is -4.39. The predicted octanol–water partition coefficient (Wildman–Crippen LogP) is 6.30. The number of nitrogens with zero attached hydrogens (tertiary/aromatic N) is 7. The largest absolute Gasteiger partial charge is 2.00 e. The van der Waals surface area contributed by atoms with Gasteiger partial charge in [-0.15, -0.1) is 11.4 Å². The van der Waals surface area contributed by atoms with E-state index in [2.05, 4.69) is 104 Å². The van der Waals surface area contributed by atoms with Crippen molar-refractivity contribution in [1.29, 1.82) is 0 Å². The summed E-state index contributed by atoms with van der Waals surface area (Å²) in [5, 5.41) is 0. The van der Waals surface area contributed by atoms with Gasteiger partial charge in [0, 0.05) is 22.2 Å². The summed E-state index contributed by atoms with van der Waals surface area (Å²) in [5.41, 5.74) is 7.23. The van der Waals surface area contributed by atoms with Crippen molar-refractivity contribution < 1.29 is 17.1 Å². The molecule has 1 aliphatic heterocycles. The van der Waals surface area contributed by atoms with Gasteiger partial charge in [-0.2, -0.15) is 0 Å². The molecule has 7 aromatic rings. The number of benzene rings is 3. The number of hydrogen-bond donors (Lipinski definition) is 0. The van der Waals surface area contributed by atoms with E-state index in [9.17, 15) is 0 Å². The van der Waals surface area contributed by atoms with Crippen LogP contribution in [0.5, 0.6) is 0 Å². The molecule has 3 aromatic carbocycles. The standard InChI is InChI=1S/C33H27N7.Cu/c1-32(2)26-18-15-22(35-26)23-19-34-29(36-23)33(3,4)31-38-28-25(40(31)21-13-9-6-10-14-21)17-16-24-27(28)37-30(32)39(24)20-11-7-5-8-12-20;/h5-19H,1-4H3;/q-2;+2. The van der Waals surface area contributed by atoms with Gasteiger partial charge in [-0.1, -0.05) is 80.1 Å². The number of rotatable bonds is 2. The molecule has 5 heterocycles. The normalized spacial score (nSPS) is 15.0. The van der Waals surface area contributed by atoms with Crippen LogP contribution in [0.1, 0.15) is 50.9 Å². The maximum absolute atomic E-state index is 5.38. The first-order chi connectivity index (χ1) is 19.3. The molecule has 7 nitrogen and oxygen atoms in total. The van der Waals surface area contributed by atoms with E-state index in [4.69, 9.17) is 24.9 Å². The summed E-state index contributed by atoms with van der Waals surface area (Å²) >= 11 is 0. The average molecular weight is 585 g/mol. The third-order valence-corrected chi connectivity index (χ3v) is 8.23. The summed E-state index contributed by atoms with van der Waals surface area (Å²) in [5.74, 6) is 2.48. The van der Waals surface area contributed by atoms with Crippen molar-refractivity contribution >= 4 is 22.1 Å². The van der Waals surface area contributed by atoms with Gasteiger partial charge in [-0.3, -0.25) is 9.13 Å². The summed E-state index contributed by atoms with van der Waals surface area (Å²) in [6.45, 7) is 8.64. The van der Waals surface area contributed by atoms with Crippen LogP contribution in [0.4, 0.5) is 0 Å². The first-order valence-electron chi connectivity index (χ1n) is 13.5. The minimum absolute atomic E-state index is 0. The first-order valence-corrected chi connectivity index (χ1v) is 13.5. The SMILES string of the molecule is CC1(C)c2ccc([n-]2)-c2cnc([n-]2)C(C)(C)c2nc3c4nc1n(-c1ccccc1)c4ccc3n2-c1ccccc1.[Cu+2]. The predicted molar refractivity (Wildman–Crippen MR) is 156 cm³/mol. The van der Waals surface area contributed by atoms with Gasteiger partial charge in [0.25, 0.3) is 0 Å². The van der Waals surface area contributed by atoms with Crippen LogP contribution in [-0.2, 0) is 27.9 Å². The minimum Gasteiger partial charge on any atom is -0.660 e. The molecule has 0 unspecified atom stereocenters. The van der Waals surface area contributed by atoms with E-state index >= 15 is 0 Å². The zero-order valence-corrected chi connectivity index (χ0v) is 24.0. The van der Waals surface area contributed by atoms with Crippen LogP contribution in [0.3, 0.4) is 0 Å². The van der Waals surface area contributed by atoms with Gasteiger partial charge in [0.2, 0.25) is 0 Å². The minimum atomic E-state index is -0.594. The summed E-state index contributed by atoms with van der Waals surface area (Å²) in [6, 6.07) is 29.2. The fourth-order valence-electron chi connectivity index (χ4n) is 5.98. The Kier molecular flexibility index (Phi) is 5.49. The van der Waals surface area contributed by atoms with Crippen molar-refractivity contribution in [2.45, 2.75) is 38.5 Å². The second kappa shape index (κ2) is 8.80. The third kappa shape index (κ3) is 3.54. The molecule has 8 rings (SSSR count). The van der Waals surface area contributed by atoms with E-state index in [1.807, 2.05) is 24.4 Å². The second-order valence-corrected chi connectivity index (χ2v) is 11.6. The Balaban J connectivity index is 0.00000276. The molecule has 1 radical (unpaired) electrons. The van der Waals surface area contributed by atoms with Crippen molar-refractivity contribution in [3.63, 3.8) is 0 Å². The van der Waals surface area contributed by atoms with Crippen molar-refractivity contribution in [2.24, 2.45) is 0 Å². The van der Waals surface area contributed by atoms with Gasteiger partial charge in [-0.05, 0) is 50.2 Å². The molecule has 0 N–H and O–H groups in total. The third-order valence-electron chi connectivity index (χ3n) is 8.23. The molecule has 0 spiro atoms. The molecule has 4 aromatic heterocycles. The molecule has 1 aliphatic rings. The fraction of sp³-hybridized carbons (Fsp3) is 0.182. The van der Waals surface area contributed by atoms with Gasteiger partial charge in [-0.25, -0.2) is 9.97 Å². The summed E-state index contributed by atoms with van der Waals surface area (Å²) < 4.78 is 4.49. The molecule has 0 amide bonds. The fourth-order valence-corrected chi connectivity index (χ4v) is 5.98. The topological polar surface area (TPSA) is 76.7 Å². The number of aromatic nitrogens is 7. The van der Waals surface area contributed by atoms with E-state index in [1.54, 1.807) is 0 Å². The van der Waals surface area contributed by atoms with Gasteiger partial charge < -0.3 is 15.0 Å². The van der Waals surface area contributed by atoms with Crippen molar-refractivity contribution in [2.75, 3.05) is 0 Å². The molecule has 0 atom stereocenters. The molecule has 205 valence electrons. The Labute approximate surface area is 248 Å². The Morgan fingerprint density at radius 3 is 1.68 bits per heavy atom.